The average Bonchev–Trinajstić information content (AvgIpc) is 2.41. The van der Waals surface area contributed by atoms with E-state index in [1.807, 2.05) is 26.8 Å². The molecule has 0 aliphatic rings. The summed E-state index contributed by atoms with van der Waals surface area (Å²) in [6.07, 6.45) is -0.482. The lowest BCUT2D eigenvalue weighted by molar-refractivity contribution is 0.0535. The highest BCUT2D eigenvalue weighted by Gasteiger charge is 2.14. The molecule has 1 N–H and O–H groups in total. The van der Waals surface area contributed by atoms with Gasteiger partial charge < -0.3 is 19.5 Å². The molecule has 0 spiro atoms. The van der Waals surface area contributed by atoms with Gasteiger partial charge in [-0.1, -0.05) is 11.8 Å². The van der Waals surface area contributed by atoms with E-state index in [0.717, 1.165) is 5.56 Å². The molecule has 0 heterocycles. The normalized spacial score (nSPS) is 10.1. The topological polar surface area (TPSA) is 56.8 Å². The van der Waals surface area contributed by atoms with Gasteiger partial charge in [0.05, 0.1) is 20.8 Å². The van der Waals surface area contributed by atoms with Gasteiger partial charge in [0.1, 0.15) is 5.60 Å². The van der Waals surface area contributed by atoms with Crippen LogP contribution in [0.1, 0.15) is 26.3 Å². The fourth-order valence-electron chi connectivity index (χ4n) is 1.49. The third-order valence-electron chi connectivity index (χ3n) is 2.34. The van der Waals surface area contributed by atoms with E-state index in [1.165, 1.54) is 0 Å². The third-order valence-corrected chi connectivity index (χ3v) is 2.34. The van der Waals surface area contributed by atoms with Crippen molar-refractivity contribution in [3.63, 3.8) is 0 Å². The van der Waals surface area contributed by atoms with Crippen molar-refractivity contribution < 1.29 is 19.0 Å². The number of nitrogens with one attached hydrogen (secondary N) is 1. The van der Waals surface area contributed by atoms with Crippen LogP contribution in [0.3, 0.4) is 0 Å². The van der Waals surface area contributed by atoms with Crippen molar-refractivity contribution in [3.05, 3.63) is 23.8 Å². The lowest BCUT2D eigenvalue weighted by atomic mass is 10.2. The van der Waals surface area contributed by atoms with Crippen LogP contribution in [0.25, 0.3) is 0 Å². The average molecular weight is 291 g/mol. The second-order valence-corrected chi connectivity index (χ2v) is 5.23. The fraction of sp³-hybridized carbons (Fsp3) is 0.438. The molecule has 114 valence electrons. The Labute approximate surface area is 125 Å². The number of benzene rings is 1. The largest absolute Gasteiger partial charge is 0.493 e. The van der Waals surface area contributed by atoms with Crippen molar-refractivity contribution in [1.82, 2.24) is 5.32 Å². The monoisotopic (exact) mass is 291 g/mol. The van der Waals surface area contributed by atoms with Gasteiger partial charge in [-0.25, -0.2) is 4.79 Å². The maximum absolute atomic E-state index is 11.4. The molecule has 0 fully saturated rings. The van der Waals surface area contributed by atoms with Gasteiger partial charge >= 0.3 is 6.09 Å². The van der Waals surface area contributed by atoms with Crippen molar-refractivity contribution >= 4 is 6.09 Å². The Hall–Kier alpha value is -2.35. The van der Waals surface area contributed by atoms with E-state index in [0.29, 0.717) is 11.5 Å². The van der Waals surface area contributed by atoms with Gasteiger partial charge in [0.2, 0.25) is 0 Å². The van der Waals surface area contributed by atoms with Gasteiger partial charge in [-0.2, -0.15) is 0 Å². The Kier molecular flexibility index (Phi) is 5.92. The first-order valence-corrected chi connectivity index (χ1v) is 6.53. The molecular formula is C16H21NO4. The van der Waals surface area contributed by atoms with Crippen molar-refractivity contribution in [2.45, 2.75) is 26.4 Å². The number of hydrogen-bond donors (Lipinski definition) is 1. The second-order valence-electron chi connectivity index (χ2n) is 5.23. The molecule has 1 rings (SSSR count). The van der Waals surface area contributed by atoms with Crippen LogP contribution in [-0.4, -0.2) is 32.5 Å². The van der Waals surface area contributed by atoms with Gasteiger partial charge in [-0.3, -0.25) is 0 Å². The number of rotatable bonds is 3. The smallest absolute Gasteiger partial charge is 0.408 e. The number of hydrogen-bond acceptors (Lipinski definition) is 4. The molecule has 1 aromatic carbocycles. The number of ether oxygens (including phenoxy) is 3. The molecule has 0 saturated carbocycles. The molecule has 0 aromatic heterocycles. The van der Waals surface area contributed by atoms with Gasteiger partial charge in [0, 0.05) is 5.56 Å². The first-order chi connectivity index (χ1) is 9.85. The lowest BCUT2D eigenvalue weighted by Crippen LogP contribution is -2.32. The zero-order valence-corrected chi connectivity index (χ0v) is 13.1. The summed E-state index contributed by atoms with van der Waals surface area (Å²) in [4.78, 5) is 11.4. The zero-order chi connectivity index (χ0) is 15.9. The van der Waals surface area contributed by atoms with E-state index in [2.05, 4.69) is 17.2 Å². The summed E-state index contributed by atoms with van der Waals surface area (Å²) >= 11 is 0. The zero-order valence-electron chi connectivity index (χ0n) is 13.1. The van der Waals surface area contributed by atoms with Crippen molar-refractivity contribution in [2.75, 3.05) is 20.8 Å². The highest BCUT2D eigenvalue weighted by atomic mass is 16.6. The predicted octanol–water partition coefficient (Wildman–Crippen LogP) is 2.58. The fourth-order valence-corrected chi connectivity index (χ4v) is 1.49. The molecule has 5 heteroatoms. The van der Waals surface area contributed by atoms with Crippen molar-refractivity contribution in [1.29, 1.82) is 0 Å². The molecule has 0 unspecified atom stereocenters. The van der Waals surface area contributed by atoms with E-state index in [4.69, 9.17) is 14.2 Å². The van der Waals surface area contributed by atoms with Crippen LogP contribution in [0.2, 0.25) is 0 Å². The quantitative estimate of drug-likeness (QED) is 0.870. The van der Waals surface area contributed by atoms with Gasteiger partial charge in [-0.05, 0) is 39.0 Å². The number of carbonyl (C=O) groups excluding carboxylic acids is 1. The van der Waals surface area contributed by atoms with Gasteiger partial charge in [0.15, 0.2) is 11.5 Å². The van der Waals surface area contributed by atoms with Crippen LogP contribution in [0.15, 0.2) is 18.2 Å². The first-order valence-electron chi connectivity index (χ1n) is 6.53. The summed E-state index contributed by atoms with van der Waals surface area (Å²) in [6, 6.07) is 5.38. The Morgan fingerprint density at radius 3 is 2.43 bits per heavy atom. The number of alkyl carbamates (subject to hydrolysis) is 1. The van der Waals surface area contributed by atoms with Crippen LogP contribution in [0.5, 0.6) is 11.5 Å². The van der Waals surface area contributed by atoms with Crippen LogP contribution < -0.4 is 14.8 Å². The minimum Gasteiger partial charge on any atom is -0.493 e. The summed E-state index contributed by atoms with van der Waals surface area (Å²) in [6.45, 7) is 5.63. The standard InChI is InChI=1S/C16H21NO4/c1-16(2,3)21-15(18)17-10-6-7-12-8-9-13(19-4)14(11-12)20-5/h8-9,11H,10H2,1-5H3,(H,17,18). The van der Waals surface area contributed by atoms with E-state index in [-0.39, 0.29) is 6.54 Å². The summed E-state index contributed by atoms with van der Waals surface area (Å²) in [7, 11) is 3.15. The van der Waals surface area contributed by atoms with Crippen molar-refractivity contribution in [2.24, 2.45) is 0 Å². The number of methoxy groups -OCH3 is 2. The van der Waals surface area contributed by atoms with Crippen molar-refractivity contribution in [3.8, 4) is 23.3 Å². The maximum atomic E-state index is 11.4. The van der Waals surface area contributed by atoms with Gasteiger partial charge in [-0.15, -0.1) is 0 Å². The first kappa shape index (κ1) is 16.7. The molecule has 0 aliphatic carbocycles. The second kappa shape index (κ2) is 7.44. The summed E-state index contributed by atoms with van der Waals surface area (Å²) < 4.78 is 15.4. The molecular weight excluding hydrogens is 270 g/mol. The van der Waals surface area contributed by atoms with Crippen LogP contribution in [0.4, 0.5) is 4.79 Å². The summed E-state index contributed by atoms with van der Waals surface area (Å²) in [5, 5.41) is 2.57. The Morgan fingerprint density at radius 1 is 1.19 bits per heavy atom. The molecule has 0 bridgehead atoms. The maximum Gasteiger partial charge on any atom is 0.408 e. The van der Waals surface area contributed by atoms with Crippen LogP contribution >= 0.6 is 0 Å². The Morgan fingerprint density at radius 2 is 1.86 bits per heavy atom. The lowest BCUT2D eigenvalue weighted by Gasteiger charge is -2.19. The third kappa shape index (κ3) is 6.09. The molecule has 1 amide bonds. The van der Waals surface area contributed by atoms with E-state index in [9.17, 15) is 4.79 Å². The summed E-state index contributed by atoms with van der Waals surface area (Å²) in [5.41, 5.74) is 0.263. The minimum atomic E-state index is -0.513. The molecule has 5 nitrogen and oxygen atoms in total. The Balaban J connectivity index is 2.57. The molecule has 0 aliphatic heterocycles. The number of carbonyl (C=O) groups is 1. The summed E-state index contributed by atoms with van der Waals surface area (Å²) in [5.74, 6) is 7.05. The van der Waals surface area contributed by atoms with Crippen LogP contribution in [-0.2, 0) is 4.74 Å². The van der Waals surface area contributed by atoms with E-state index >= 15 is 0 Å². The highest BCUT2D eigenvalue weighted by Crippen LogP contribution is 2.26. The van der Waals surface area contributed by atoms with Gasteiger partial charge in [0.25, 0.3) is 0 Å². The molecule has 0 radical (unpaired) electrons. The molecule has 0 atom stereocenters. The minimum absolute atomic E-state index is 0.212. The molecule has 21 heavy (non-hydrogen) atoms. The molecule has 0 saturated heterocycles. The Bertz CT molecular complexity index is 550. The van der Waals surface area contributed by atoms with E-state index < -0.39 is 11.7 Å². The SMILES string of the molecule is COc1ccc(C#CCNC(=O)OC(C)(C)C)cc1OC. The highest BCUT2D eigenvalue weighted by molar-refractivity contribution is 5.68. The van der Waals surface area contributed by atoms with E-state index in [1.54, 1.807) is 26.4 Å². The number of amides is 1. The molecule has 1 aromatic rings. The van der Waals surface area contributed by atoms with Crippen LogP contribution in [0, 0.1) is 11.8 Å². The predicted molar refractivity (Wildman–Crippen MR) is 80.7 cm³/mol.